The van der Waals surface area contributed by atoms with E-state index in [-0.39, 0.29) is 5.91 Å². The molecular weight excluding hydrogens is 409 g/mol. The fourth-order valence-corrected chi connectivity index (χ4v) is 3.65. The summed E-state index contributed by atoms with van der Waals surface area (Å²) in [6.45, 7) is 3.61. The first-order valence-electron chi connectivity index (χ1n) is 10.3. The second kappa shape index (κ2) is 10.9. The zero-order valence-electron chi connectivity index (χ0n) is 18.0. The van der Waals surface area contributed by atoms with E-state index < -0.39 is 17.8 Å². The van der Waals surface area contributed by atoms with Crippen molar-refractivity contribution in [3.8, 4) is 0 Å². The van der Waals surface area contributed by atoms with E-state index in [4.69, 9.17) is 11.5 Å². The minimum atomic E-state index is -4.44. The van der Waals surface area contributed by atoms with Crippen molar-refractivity contribution in [2.45, 2.75) is 25.1 Å². The van der Waals surface area contributed by atoms with Gasteiger partial charge in [0.2, 0.25) is 5.91 Å². The molecule has 0 unspecified atom stereocenters. The molecule has 0 fully saturated rings. The normalized spacial score (nSPS) is 13.4. The summed E-state index contributed by atoms with van der Waals surface area (Å²) >= 11 is 0. The van der Waals surface area contributed by atoms with E-state index in [1.807, 2.05) is 0 Å². The molecule has 0 spiro atoms. The predicted molar refractivity (Wildman–Crippen MR) is 116 cm³/mol. The fourth-order valence-electron chi connectivity index (χ4n) is 3.65. The molecule has 1 atom stereocenters. The molecule has 6 N–H and O–H groups in total. The van der Waals surface area contributed by atoms with Gasteiger partial charge in [0.25, 0.3) is 0 Å². The van der Waals surface area contributed by atoms with E-state index in [1.54, 1.807) is 7.05 Å². The van der Waals surface area contributed by atoms with Crippen molar-refractivity contribution in [2.24, 2.45) is 11.5 Å². The highest BCUT2D eigenvalue weighted by Gasteiger charge is 2.30. The molecule has 0 saturated carbocycles. The average molecular weight is 442 g/mol. The number of benzene rings is 1. The Balaban J connectivity index is 2.03. The van der Waals surface area contributed by atoms with Crippen LogP contribution in [-0.4, -0.2) is 68.2 Å². The monoisotopic (exact) mass is 441 g/mol. The number of halogens is 3. The van der Waals surface area contributed by atoms with Gasteiger partial charge >= 0.3 is 6.18 Å². The van der Waals surface area contributed by atoms with Gasteiger partial charge in [0.05, 0.1) is 55.7 Å². The van der Waals surface area contributed by atoms with Gasteiger partial charge in [-0.3, -0.25) is 9.78 Å². The standard InChI is InChI=1S/C21H31F3N6O/c1-27-19(4-3-9-30(2,10-7-25)11-8-26)20(31)29-17-13-15-12-16(21(22,23)24)5-6-18(15)28-14-17/h5-6,12-14,19,27H,3-4,7-11,25-26H2,1-2H3/p+1/t19-/m0/s1. The summed E-state index contributed by atoms with van der Waals surface area (Å²) in [5, 5.41) is 6.06. The van der Waals surface area contributed by atoms with E-state index in [9.17, 15) is 18.0 Å². The number of nitrogens with zero attached hydrogens (tertiary/aromatic N) is 2. The fraction of sp³-hybridized carbons (Fsp3) is 0.524. The smallest absolute Gasteiger partial charge is 0.326 e. The highest BCUT2D eigenvalue weighted by Crippen LogP contribution is 2.31. The van der Waals surface area contributed by atoms with E-state index in [0.717, 1.165) is 42.7 Å². The number of nitrogens with one attached hydrogen (secondary N) is 2. The van der Waals surface area contributed by atoms with Crippen molar-refractivity contribution in [3.63, 3.8) is 0 Å². The third kappa shape index (κ3) is 7.13. The number of amides is 1. The number of carbonyl (C=O) groups excluding carboxylic acids is 1. The van der Waals surface area contributed by atoms with E-state index in [1.165, 1.54) is 18.3 Å². The SMILES string of the molecule is CN[C@@H](CCC[N+](C)(CCN)CCN)C(=O)Nc1cnc2ccc(C(F)(F)F)cc2c1. The first kappa shape index (κ1) is 25.0. The van der Waals surface area contributed by atoms with Gasteiger partial charge in [0.1, 0.15) is 0 Å². The summed E-state index contributed by atoms with van der Waals surface area (Å²) in [4.78, 5) is 16.8. The van der Waals surface area contributed by atoms with Crippen molar-refractivity contribution in [1.82, 2.24) is 10.3 Å². The Hall–Kier alpha value is -2.27. The van der Waals surface area contributed by atoms with Crippen LogP contribution in [-0.2, 0) is 11.0 Å². The molecule has 1 heterocycles. The largest absolute Gasteiger partial charge is 0.416 e. The molecule has 10 heteroatoms. The second-order valence-corrected chi connectivity index (χ2v) is 7.97. The molecule has 2 aromatic rings. The number of rotatable bonds is 11. The zero-order valence-corrected chi connectivity index (χ0v) is 18.0. The van der Waals surface area contributed by atoms with Crippen molar-refractivity contribution in [1.29, 1.82) is 0 Å². The van der Waals surface area contributed by atoms with Gasteiger partial charge in [-0.2, -0.15) is 13.2 Å². The van der Waals surface area contributed by atoms with Crippen molar-refractivity contribution in [3.05, 3.63) is 36.0 Å². The van der Waals surface area contributed by atoms with E-state index in [2.05, 4.69) is 22.7 Å². The van der Waals surface area contributed by atoms with Crippen LogP contribution in [0.5, 0.6) is 0 Å². The number of hydrogen-bond acceptors (Lipinski definition) is 5. The quantitative estimate of drug-likeness (QED) is 0.399. The summed E-state index contributed by atoms with van der Waals surface area (Å²) in [6.07, 6.45) is -1.60. The number of quaternary nitrogens is 1. The van der Waals surface area contributed by atoms with Crippen LogP contribution in [0.4, 0.5) is 18.9 Å². The average Bonchev–Trinajstić information content (AvgIpc) is 2.70. The van der Waals surface area contributed by atoms with E-state index in [0.29, 0.717) is 36.1 Å². The van der Waals surface area contributed by atoms with Crippen molar-refractivity contribution >= 4 is 22.5 Å². The lowest BCUT2D eigenvalue weighted by molar-refractivity contribution is -0.907. The Bertz CT molecular complexity index is 868. The Labute approximate surface area is 180 Å². The minimum Gasteiger partial charge on any atom is -0.326 e. The number of alkyl halides is 3. The Kier molecular flexibility index (Phi) is 8.75. The van der Waals surface area contributed by atoms with Crippen molar-refractivity contribution < 1.29 is 22.4 Å². The van der Waals surface area contributed by atoms with Crippen LogP contribution in [0.3, 0.4) is 0 Å². The molecule has 0 aliphatic heterocycles. The van der Waals surface area contributed by atoms with Crippen LogP contribution >= 0.6 is 0 Å². The van der Waals surface area contributed by atoms with Gasteiger partial charge in [-0.1, -0.05) is 0 Å². The summed E-state index contributed by atoms with van der Waals surface area (Å²) < 4.78 is 39.6. The summed E-state index contributed by atoms with van der Waals surface area (Å²) in [6, 6.07) is 4.39. The third-order valence-electron chi connectivity index (χ3n) is 5.47. The molecule has 0 bridgehead atoms. The van der Waals surface area contributed by atoms with Crippen LogP contribution in [0.2, 0.25) is 0 Å². The molecular formula is C21H32F3N6O+. The number of fused-ring (bicyclic) bond motifs is 1. The van der Waals surface area contributed by atoms with Gasteiger partial charge in [0, 0.05) is 18.5 Å². The third-order valence-corrected chi connectivity index (χ3v) is 5.47. The Morgan fingerprint density at radius 2 is 1.84 bits per heavy atom. The van der Waals surface area contributed by atoms with Crippen LogP contribution < -0.4 is 22.1 Å². The molecule has 1 amide bonds. The number of anilines is 1. The first-order chi connectivity index (χ1) is 14.6. The summed E-state index contributed by atoms with van der Waals surface area (Å²) in [5.41, 5.74) is 11.4. The lowest BCUT2D eigenvalue weighted by Gasteiger charge is -2.34. The molecule has 31 heavy (non-hydrogen) atoms. The van der Waals surface area contributed by atoms with Gasteiger partial charge in [-0.15, -0.1) is 0 Å². The Morgan fingerprint density at radius 1 is 1.16 bits per heavy atom. The molecule has 1 aromatic carbocycles. The lowest BCUT2D eigenvalue weighted by atomic mass is 10.1. The maximum absolute atomic E-state index is 13.0. The highest BCUT2D eigenvalue weighted by atomic mass is 19.4. The maximum Gasteiger partial charge on any atom is 0.416 e. The van der Waals surface area contributed by atoms with Crippen LogP contribution in [0.15, 0.2) is 30.5 Å². The molecule has 0 aliphatic rings. The van der Waals surface area contributed by atoms with Gasteiger partial charge < -0.3 is 26.6 Å². The first-order valence-corrected chi connectivity index (χ1v) is 10.3. The highest BCUT2D eigenvalue weighted by molar-refractivity contribution is 5.96. The number of nitrogens with two attached hydrogens (primary N) is 2. The number of likely N-dealkylation sites (N-methyl/N-ethyl adjacent to an activating group) is 2. The molecule has 0 aliphatic carbocycles. The number of aromatic nitrogens is 1. The molecule has 0 saturated heterocycles. The van der Waals surface area contributed by atoms with Crippen LogP contribution in [0.25, 0.3) is 10.9 Å². The lowest BCUT2D eigenvalue weighted by Crippen LogP contribution is -2.51. The number of hydrogen-bond donors (Lipinski definition) is 4. The minimum absolute atomic E-state index is 0.262. The predicted octanol–water partition coefficient (Wildman–Crippen LogP) is 1.92. The molecule has 2 rings (SSSR count). The molecule has 0 radical (unpaired) electrons. The summed E-state index contributed by atoms with van der Waals surface area (Å²) in [7, 11) is 3.80. The topological polar surface area (TPSA) is 106 Å². The number of pyridine rings is 1. The molecule has 1 aromatic heterocycles. The van der Waals surface area contributed by atoms with E-state index >= 15 is 0 Å². The molecule has 172 valence electrons. The van der Waals surface area contributed by atoms with Gasteiger partial charge in [-0.05, 0) is 44.2 Å². The van der Waals surface area contributed by atoms with Crippen LogP contribution in [0, 0.1) is 0 Å². The second-order valence-electron chi connectivity index (χ2n) is 7.97. The Morgan fingerprint density at radius 3 is 2.42 bits per heavy atom. The van der Waals surface area contributed by atoms with Crippen molar-refractivity contribution in [2.75, 3.05) is 52.1 Å². The van der Waals surface area contributed by atoms with Gasteiger partial charge in [-0.25, -0.2) is 0 Å². The summed E-state index contributed by atoms with van der Waals surface area (Å²) in [5.74, 6) is -0.262. The maximum atomic E-state index is 13.0. The zero-order chi connectivity index (χ0) is 23.1. The van der Waals surface area contributed by atoms with Gasteiger partial charge in [0.15, 0.2) is 0 Å². The van der Waals surface area contributed by atoms with Crippen LogP contribution in [0.1, 0.15) is 18.4 Å². The molecule has 7 nitrogen and oxygen atoms in total. The number of carbonyl (C=O) groups is 1.